The fraction of sp³-hybridized carbons (Fsp3) is 0.0909. The minimum absolute atomic E-state index is 0.662. The van der Waals surface area contributed by atoms with E-state index in [0.29, 0.717) is 4.86 Å². The largest absolute Gasteiger partial charge is 0.497 e. The maximum Gasteiger partial charge on any atom is 0.118 e. The molecule has 0 atom stereocenters. The molecular weight excluding hydrogens is 194 g/mol. The van der Waals surface area contributed by atoms with Crippen LogP contribution >= 0.6 is 12.2 Å². The van der Waals surface area contributed by atoms with Gasteiger partial charge in [0.2, 0.25) is 0 Å². The third kappa shape index (κ3) is 1.59. The quantitative estimate of drug-likeness (QED) is 0.687. The van der Waals surface area contributed by atoms with Crippen molar-refractivity contribution in [1.82, 2.24) is 0 Å². The summed E-state index contributed by atoms with van der Waals surface area (Å²) >= 11 is 5.08. The van der Waals surface area contributed by atoms with Gasteiger partial charge in [-0.05, 0) is 17.7 Å². The van der Waals surface area contributed by atoms with Crippen molar-refractivity contribution in [2.45, 2.75) is 0 Å². The molecular formula is C11H8NOS. The Morgan fingerprint density at radius 2 is 2.00 bits per heavy atom. The molecule has 1 heterocycles. The summed E-state index contributed by atoms with van der Waals surface area (Å²) in [6.07, 6.45) is 4.46. The molecule has 0 bridgehead atoms. The van der Waals surface area contributed by atoms with Crippen LogP contribution in [0.2, 0.25) is 0 Å². The van der Waals surface area contributed by atoms with Crippen LogP contribution in [0.15, 0.2) is 35.5 Å². The van der Waals surface area contributed by atoms with Crippen molar-refractivity contribution in [3.05, 3.63) is 36.0 Å². The highest BCUT2D eigenvalue weighted by Crippen LogP contribution is 2.21. The number of hydrogen-bond acceptors (Lipinski definition) is 3. The van der Waals surface area contributed by atoms with Crippen LogP contribution in [0.3, 0.4) is 0 Å². The molecule has 0 spiro atoms. The first-order valence-corrected chi connectivity index (χ1v) is 4.57. The maximum atomic E-state index is 5.08. The van der Waals surface area contributed by atoms with Gasteiger partial charge in [0.1, 0.15) is 12.0 Å². The van der Waals surface area contributed by atoms with Crippen LogP contribution in [-0.4, -0.2) is 18.2 Å². The van der Waals surface area contributed by atoms with Gasteiger partial charge in [0, 0.05) is 11.8 Å². The molecule has 0 saturated heterocycles. The number of ether oxygens (including phenoxy) is 1. The first-order chi connectivity index (χ1) is 6.81. The number of thiocarbonyl (C=S) groups is 1. The fourth-order valence-electron chi connectivity index (χ4n) is 1.25. The smallest absolute Gasteiger partial charge is 0.118 e. The van der Waals surface area contributed by atoms with E-state index in [4.69, 9.17) is 17.0 Å². The van der Waals surface area contributed by atoms with E-state index in [9.17, 15) is 0 Å². The summed E-state index contributed by atoms with van der Waals surface area (Å²) in [4.78, 5) is 4.54. The molecule has 0 amide bonds. The molecule has 0 aliphatic carbocycles. The lowest BCUT2D eigenvalue weighted by Gasteiger charge is -2.03. The molecule has 1 radical (unpaired) electrons. The zero-order chi connectivity index (χ0) is 9.97. The Kier molecular flexibility index (Phi) is 2.41. The molecule has 0 aromatic heterocycles. The summed E-state index contributed by atoms with van der Waals surface area (Å²) in [6.45, 7) is 0. The van der Waals surface area contributed by atoms with Crippen LogP contribution in [0, 0.1) is 0 Å². The predicted molar refractivity (Wildman–Crippen MR) is 61.0 cm³/mol. The second kappa shape index (κ2) is 3.72. The zero-order valence-corrected chi connectivity index (χ0v) is 8.47. The summed E-state index contributed by atoms with van der Waals surface area (Å²) in [6, 6.07) is 7.72. The van der Waals surface area contributed by atoms with Crippen LogP contribution < -0.4 is 4.74 Å². The topological polar surface area (TPSA) is 21.6 Å². The second-order valence-electron chi connectivity index (χ2n) is 2.84. The van der Waals surface area contributed by atoms with Crippen molar-refractivity contribution in [3.8, 4) is 5.75 Å². The lowest BCUT2D eigenvalue weighted by atomic mass is 10.1. The van der Waals surface area contributed by atoms with Gasteiger partial charge in [-0.3, -0.25) is 4.99 Å². The summed E-state index contributed by atoms with van der Waals surface area (Å²) < 4.78 is 5.07. The molecule has 0 N–H and O–H groups in total. The number of benzene rings is 1. The average molecular weight is 202 g/mol. The van der Waals surface area contributed by atoms with Crippen molar-refractivity contribution in [2.24, 2.45) is 4.99 Å². The number of allylic oxidation sites excluding steroid dienone is 1. The summed E-state index contributed by atoms with van der Waals surface area (Å²) in [5.74, 6) is 0.836. The van der Waals surface area contributed by atoms with E-state index in [0.717, 1.165) is 16.9 Å². The van der Waals surface area contributed by atoms with Crippen molar-refractivity contribution in [2.75, 3.05) is 7.11 Å². The molecule has 14 heavy (non-hydrogen) atoms. The molecule has 0 unspecified atom stereocenters. The van der Waals surface area contributed by atoms with Crippen LogP contribution in [0.1, 0.15) is 5.56 Å². The highest BCUT2D eigenvalue weighted by molar-refractivity contribution is 7.83. The SMILES string of the molecule is COc1ccc(C2=CN=[C]C2=S)cc1. The molecule has 1 aromatic carbocycles. The van der Waals surface area contributed by atoms with Crippen molar-refractivity contribution in [1.29, 1.82) is 0 Å². The van der Waals surface area contributed by atoms with Gasteiger partial charge in [0.25, 0.3) is 0 Å². The Bertz CT molecular complexity index is 417. The first kappa shape index (κ1) is 9.09. The summed E-state index contributed by atoms with van der Waals surface area (Å²) in [5.41, 5.74) is 1.99. The average Bonchev–Trinajstić information content (AvgIpc) is 2.65. The first-order valence-electron chi connectivity index (χ1n) is 4.16. The Morgan fingerprint density at radius 3 is 2.50 bits per heavy atom. The van der Waals surface area contributed by atoms with Gasteiger partial charge in [-0.1, -0.05) is 24.4 Å². The van der Waals surface area contributed by atoms with Gasteiger partial charge in [-0.2, -0.15) is 0 Å². The van der Waals surface area contributed by atoms with Crippen LogP contribution in [0.5, 0.6) is 5.75 Å². The van der Waals surface area contributed by atoms with E-state index in [1.807, 2.05) is 24.3 Å². The third-order valence-electron chi connectivity index (χ3n) is 2.01. The van der Waals surface area contributed by atoms with Gasteiger partial charge in [-0.15, -0.1) is 0 Å². The Morgan fingerprint density at radius 1 is 1.29 bits per heavy atom. The second-order valence-corrected chi connectivity index (χ2v) is 3.25. The predicted octanol–water partition coefficient (Wildman–Crippen LogP) is 2.37. The lowest BCUT2D eigenvalue weighted by molar-refractivity contribution is 0.415. The van der Waals surface area contributed by atoms with Crippen LogP contribution in [0.25, 0.3) is 5.57 Å². The fourth-order valence-corrected chi connectivity index (χ4v) is 1.47. The van der Waals surface area contributed by atoms with Crippen molar-refractivity contribution >= 4 is 28.9 Å². The van der Waals surface area contributed by atoms with E-state index in [-0.39, 0.29) is 0 Å². The van der Waals surface area contributed by atoms with Gasteiger partial charge in [-0.25, -0.2) is 0 Å². The number of aliphatic imine (C=N–C) groups is 1. The minimum atomic E-state index is 0.662. The Labute approximate surface area is 87.9 Å². The van der Waals surface area contributed by atoms with Crippen molar-refractivity contribution in [3.63, 3.8) is 0 Å². The Hall–Kier alpha value is -1.48. The zero-order valence-electron chi connectivity index (χ0n) is 7.65. The van der Waals surface area contributed by atoms with E-state index in [1.54, 1.807) is 13.3 Å². The maximum absolute atomic E-state index is 5.08. The standard InChI is InChI=1S/C11H8NOS/c1-13-9-4-2-8(3-5-9)10-6-12-7-11(10)14/h2-6H,1H3. The van der Waals surface area contributed by atoms with E-state index < -0.39 is 0 Å². The minimum Gasteiger partial charge on any atom is -0.497 e. The third-order valence-corrected chi connectivity index (χ3v) is 2.32. The number of rotatable bonds is 2. The van der Waals surface area contributed by atoms with E-state index in [2.05, 4.69) is 11.2 Å². The molecule has 0 saturated carbocycles. The van der Waals surface area contributed by atoms with Crippen molar-refractivity contribution < 1.29 is 4.74 Å². The van der Waals surface area contributed by atoms with Crippen LogP contribution in [0.4, 0.5) is 0 Å². The molecule has 3 heteroatoms. The monoisotopic (exact) mass is 202 g/mol. The van der Waals surface area contributed by atoms with E-state index in [1.165, 1.54) is 0 Å². The molecule has 0 fully saturated rings. The summed E-state index contributed by atoms with van der Waals surface area (Å²) in [7, 11) is 1.64. The molecule has 1 aliphatic rings. The highest BCUT2D eigenvalue weighted by atomic mass is 32.1. The normalized spacial score (nSPS) is 14.4. The summed E-state index contributed by atoms with van der Waals surface area (Å²) in [5, 5.41) is 0. The Balaban J connectivity index is 2.30. The number of nitrogens with zero attached hydrogens (tertiary/aromatic N) is 1. The molecule has 1 aromatic rings. The van der Waals surface area contributed by atoms with Crippen LogP contribution in [-0.2, 0) is 0 Å². The number of methoxy groups -OCH3 is 1. The molecule has 1 aliphatic heterocycles. The molecule has 69 valence electrons. The van der Waals surface area contributed by atoms with Gasteiger partial charge in [0.05, 0.1) is 12.0 Å². The molecule has 2 nitrogen and oxygen atoms in total. The van der Waals surface area contributed by atoms with Gasteiger partial charge >= 0.3 is 0 Å². The van der Waals surface area contributed by atoms with Gasteiger partial charge in [0.15, 0.2) is 0 Å². The van der Waals surface area contributed by atoms with E-state index >= 15 is 0 Å². The highest BCUT2D eigenvalue weighted by Gasteiger charge is 2.10. The lowest BCUT2D eigenvalue weighted by Crippen LogP contribution is -1.95. The van der Waals surface area contributed by atoms with Gasteiger partial charge < -0.3 is 4.74 Å². The molecule has 2 rings (SSSR count). The number of hydrogen-bond donors (Lipinski definition) is 0.